The quantitative estimate of drug-likeness (QED) is 0.928. The molecule has 4 nitrogen and oxygen atoms in total. The van der Waals surface area contributed by atoms with Crippen molar-refractivity contribution in [2.75, 3.05) is 19.4 Å². The van der Waals surface area contributed by atoms with Crippen molar-refractivity contribution >= 4 is 11.6 Å². The first-order valence-electron chi connectivity index (χ1n) is 6.64. The van der Waals surface area contributed by atoms with Gasteiger partial charge in [0.25, 0.3) is 5.91 Å². The number of hydrogen-bond acceptors (Lipinski definition) is 2. The first kappa shape index (κ1) is 14.3. The number of aromatic nitrogens is 1. The third-order valence-electron chi connectivity index (χ3n) is 3.23. The molecule has 0 spiro atoms. The third-order valence-corrected chi connectivity index (χ3v) is 3.23. The highest BCUT2D eigenvalue weighted by Crippen LogP contribution is 2.18. The van der Waals surface area contributed by atoms with Crippen LogP contribution in [0.15, 0.2) is 36.5 Å². The molecule has 0 aliphatic carbocycles. The van der Waals surface area contributed by atoms with E-state index in [1.165, 1.54) is 5.56 Å². The fraction of sp³-hybridized carbons (Fsp3) is 0.312. The van der Waals surface area contributed by atoms with E-state index in [0.717, 1.165) is 17.8 Å². The molecule has 106 valence electrons. The van der Waals surface area contributed by atoms with Crippen LogP contribution in [0.2, 0.25) is 0 Å². The molecular formula is C16H21N3O. The summed E-state index contributed by atoms with van der Waals surface area (Å²) in [6.07, 6.45) is 1.87. The van der Waals surface area contributed by atoms with Crippen LogP contribution >= 0.6 is 0 Å². The molecule has 0 bridgehead atoms. The fourth-order valence-electron chi connectivity index (χ4n) is 2.15. The van der Waals surface area contributed by atoms with E-state index in [1.807, 2.05) is 63.1 Å². The third kappa shape index (κ3) is 3.27. The van der Waals surface area contributed by atoms with Crippen molar-refractivity contribution in [2.24, 2.45) is 7.05 Å². The lowest BCUT2D eigenvalue weighted by Gasteiger charge is -2.14. The molecule has 2 rings (SSSR count). The van der Waals surface area contributed by atoms with Crippen LogP contribution in [0.5, 0.6) is 0 Å². The summed E-state index contributed by atoms with van der Waals surface area (Å²) >= 11 is 0. The molecule has 0 saturated heterocycles. The SMILES string of the molecule is Cc1ccc(CN(C)C)cc1NC(=O)c1cccn1C. The Morgan fingerprint density at radius 2 is 2.05 bits per heavy atom. The topological polar surface area (TPSA) is 37.3 Å². The van der Waals surface area contributed by atoms with Gasteiger partial charge in [0.2, 0.25) is 0 Å². The summed E-state index contributed by atoms with van der Waals surface area (Å²) in [7, 11) is 5.92. The molecule has 0 saturated carbocycles. The maximum atomic E-state index is 12.2. The number of amides is 1. The van der Waals surface area contributed by atoms with Crippen molar-refractivity contribution in [2.45, 2.75) is 13.5 Å². The normalized spacial score (nSPS) is 10.8. The predicted molar refractivity (Wildman–Crippen MR) is 81.9 cm³/mol. The number of anilines is 1. The molecule has 2 aromatic rings. The van der Waals surface area contributed by atoms with Gasteiger partial charge in [-0.25, -0.2) is 0 Å². The highest BCUT2D eigenvalue weighted by Gasteiger charge is 2.11. The second-order valence-electron chi connectivity index (χ2n) is 5.35. The van der Waals surface area contributed by atoms with Gasteiger partial charge in [-0.2, -0.15) is 0 Å². The van der Waals surface area contributed by atoms with Crippen molar-refractivity contribution in [3.63, 3.8) is 0 Å². The monoisotopic (exact) mass is 271 g/mol. The first-order valence-corrected chi connectivity index (χ1v) is 6.64. The second kappa shape index (κ2) is 5.92. The Morgan fingerprint density at radius 3 is 2.65 bits per heavy atom. The molecule has 1 heterocycles. The fourth-order valence-corrected chi connectivity index (χ4v) is 2.15. The van der Waals surface area contributed by atoms with Gasteiger partial charge in [0.1, 0.15) is 5.69 Å². The Balaban J connectivity index is 2.20. The van der Waals surface area contributed by atoms with Crippen LogP contribution in [0.25, 0.3) is 0 Å². The van der Waals surface area contributed by atoms with Crippen LogP contribution in [0.1, 0.15) is 21.6 Å². The van der Waals surface area contributed by atoms with Gasteiger partial charge in [0, 0.05) is 25.5 Å². The molecule has 0 radical (unpaired) electrons. The molecule has 0 aliphatic heterocycles. The van der Waals surface area contributed by atoms with E-state index in [1.54, 1.807) is 0 Å². The molecule has 1 aromatic carbocycles. The first-order chi connectivity index (χ1) is 9.47. The Bertz CT molecular complexity index is 614. The Labute approximate surface area is 120 Å². The molecule has 0 unspecified atom stereocenters. The van der Waals surface area contributed by atoms with Gasteiger partial charge in [-0.05, 0) is 50.3 Å². The summed E-state index contributed by atoms with van der Waals surface area (Å²) in [6.45, 7) is 2.85. The van der Waals surface area contributed by atoms with Gasteiger partial charge in [0.15, 0.2) is 0 Å². The van der Waals surface area contributed by atoms with Gasteiger partial charge in [-0.3, -0.25) is 4.79 Å². The standard InChI is InChI=1S/C16H21N3O/c1-12-7-8-13(11-18(2)3)10-14(12)17-16(20)15-6-5-9-19(15)4/h5-10H,11H2,1-4H3,(H,17,20). The number of nitrogens with one attached hydrogen (secondary N) is 1. The maximum absolute atomic E-state index is 12.2. The Morgan fingerprint density at radius 1 is 1.30 bits per heavy atom. The smallest absolute Gasteiger partial charge is 0.272 e. The lowest BCUT2D eigenvalue weighted by Crippen LogP contribution is -2.16. The van der Waals surface area contributed by atoms with Crippen LogP contribution in [-0.4, -0.2) is 29.5 Å². The molecule has 0 aliphatic rings. The number of hydrogen-bond donors (Lipinski definition) is 1. The molecule has 1 N–H and O–H groups in total. The van der Waals surface area contributed by atoms with Crippen LogP contribution in [-0.2, 0) is 13.6 Å². The van der Waals surface area contributed by atoms with E-state index in [4.69, 9.17) is 0 Å². The van der Waals surface area contributed by atoms with Crippen LogP contribution in [0, 0.1) is 6.92 Å². The van der Waals surface area contributed by atoms with Crippen LogP contribution < -0.4 is 5.32 Å². The van der Waals surface area contributed by atoms with E-state index in [0.29, 0.717) is 5.69 Å². The summed E-state index contributed by atoms with van der Waals surface area (Å²) < 4.78 is 1.81. The van der Waals surface area contributed by atoms with E-state index in [-0.39, 0.29) is 5.91 Å². The average Bonchev–Trinajstić information content (AvgIpc) is 2.79. The zero-order valence-corrected chi connectivity index (χ0v) is 12.5. The van der Waals surface area contributed by atoms with Crippen molar-refractivity contribution in [3.8, 4) is 0 Å². The van der Waals surface area contributed by atoms with Crippen molar-refractivity contribution in [3.05, 3.63) is 53.3 Å². The van der Waals surface area contributed by atoms with Gasteiger partial charge in [0.05, 0.1) is 0 Å². The summed E-state index contributed by atoms with van der Waals surface area (Å²) in [6, 6.07) is 9.85. The van der Waals surface area contributed by atoms with Crippen LogP contribution in [0.3, 0.4) is 0 Å². The minimum absolute atomic E-state index is 0.0809. The lowest BCUT2D eigenvalue weighted by atomic mass is 10.1. The number of benzene rings is 1. The van der Waals surface area contributed by atoms with Gasteiger partial charge in [-0.1, -0.05) is 12.1 Å². The Kier molecular flexibility index (Phi) is 4.25. The molecule has 4 heteroatoms. The number of carbonyl (C=O) groups is 1. The predicted octanol–water partition coefficient (Wildman–Crippen LogP) is 2.65. The van der Waals surface area contributed by atoms with Gasteiger partial charge >= 0.3 is 0 Å². The van der Waals surface area contributed by atoms with Crippen molar-refractivity contribution in [1.29, 1.82) is 0 Å². The molecule has 0 fully saturated rings. The van der Waals surface area contributed by atoms with E-state index in [2.05, 4.69) is 16.3 Å². The summed E-state index contributed by atoms with van der Waals surface area (Å²) in [4.78, 5) is 14.3. The highest BCUT2D eigenvalue weighted by atomic mass is 16.1. The van der Waals surface area contributed by atoms with Crippen molar-refractivity contribution in [1.82, 2.24) is 9.47 Å². The second-order valence-corrected chi connectivity index (χ2v) is 5.35. The van der Waals surface area contributed by atoms with Gasteiger partial charge in [-0.15, -0.1) is 0 Å². The highest BCUT2D eigenvalue weighted by molar-refractivity contribution is 6.03. The number of aryl methyl sites for hydroxylation is 2. The largest absolute Gasteiger partial charge is 0.347 e. The summed E-state index contributed by atoms with van der Waals surface area (Å²) in [5.41, 5.74) is 3.77. The number of rotatable bonds is 4. The van der Waals surface area contributed by atoms with Crippen molar-refractivity contribution < 1.29 is 4.79 Å². The molecule has 1 amide bonds. The summed E-state index contributed by atoms with van der Waals surface area (Å²) in [5.74, 6) is -0.0809. The summed E-state index contributed by atoms with van der Waals surface area (Å²) in [5, 5.41) is 2.99. The lowest BCUT2D eigenvalue weighted by molar-refractivity contribution is 0.101. The Hall–Kier alpha value is -2.07. The van der Waals surface area contributed by atoms with Gasteiger partial charge < -0.3 is 14.8 Å². The van der Waals surface area contributed by atoms with E-state index >= 15 is 0 Å². The maximum Gasteiger partial charge on any atom is 0.272 e. The molecular weight excluding hydrogens is 250 g/mol. The molecule has 0 atom stereocenters. The number of nitrogens with zero attached hydrogens (tertiary/aromatic N) is 2. The van der Waals surface area contributed by atoms with Crippen LogP contribution in [0.4, 0.5) is 5.69 Å². The number of carbonyl (C=O) groups excluding carboxylic acids is 1. The van der Waals surface area contributed by atoms with E-state index < -0.39 is 0 Å². The average molecular weight is 271 g/mol. The zero-order chi connectivity index (χ0) is 14.7. The minimum atomic E-state index is -0.0809. The zero-order valence-electron chi connectivity index (χ0n) is 12.5. The minimum Gasteiger partial charge on any atom is -0.347 e. The molecule has 1 aromatic heterocycles. The molecule has 20 heavy (non-hydrogen) atoms. The van der Waals surface area contributed by atoms with E-state index in [9.17, 15) is 4.79 Å².